The number of rotatable bonds is 7. The van der Waals surface area contributed by atoms with Gasteiger partial charge in [-0.3, -0.25) is 14.2 Å². The molecule has 1 amide bonds. The molecule has 0 aliphatic carbocycles. The second kappa shape index (κ2) is 11.1. The number of aryl methyl sites for hydroxylation is 1. The Kier molecular flexibility index (Phi) is 7.63. The van der Waals surface area contributed by atoms with Crippen molar-refractivity contribution in [2.75, 3.05) is 20.2 Å². The predicted octanol–water partition coefficient (Wildman–Crippen LogP) is 4.52. The Balaban J connectivity index is 1.73. The van der Waals surface area contributed by atoms with Crippen LogP contribution in [-0.4, -0.2) is 40.1 Å². The first kappa shape index (κ1) is 27.4. The monoisotopic (exact) mass is 554 g/mol. The zero-order valence-electron chi connectivity index (χ0n) is 23.8. The number of methoxy groups -OCH3 is 1. The molecule has 2 aromatic carbocycles. The first-order valence-electron chi connectivity index (χ1n) is 13.5. The van der Waals surface area contributed by atoms with Crippen LogP contribution >= 0.6 is 11.3 Å². The van der Waals surface area contributed by atoms with E-state index in [1.165, 1.54) is 11.3 Å². The molecule has 5 rings (SSSR count). The smallest absolute Gasteiger partial charge is 0.271 e. The maximum atomic E-state index is 14.1. The Labute approximate surface area is 238 Å². The van der Waals surface area contributed by atoms with Gasteiger partial charge in [0.2, 0.25) is 0 Å². The third-order valence-electron chi connectivity index (χ3n) is 7.51. The molecule has 40 heavy (non-hydrogen) atoms. The van der Waals surface area contributed by atoms with Gasteiger partial charge in [0.15, 0.2) is 4.80 Å². The van der Waals surface area contributed by atoms with Gasteiger partial charge in [0.25, 0.3) is 11.5 Å². The van der Waals surface area contributed by atoms with Crippen molar-refractivity contribution in [3.63, 3.8) is 0 Å². The van der Waals surface area contributed by atoms with Crippen molar-refractivity contribution in [1.29, 1.82) is 0 Å². The van der Waals surface area contributed by atoms with Crippen molar-refractivity contribution >= 4 is 23.3 Å². The SMILES string of the molecule is CCN(CC)C(=O)C1=C(C)N=c2s/c(=C/c3cc(C)n(-c4ccccc4)c3C)c(=O)n2[C@@H]1c1ccccc1OC. The Hall–Kier alpha value is -4.17. The van der Waals surface area contributed by atoms with Crippen LogP contribution in [0.15, 0.2) is 81.7 Å². The molecule has 7 nitrogen and oxygen atoms in total. The van der Waals surface area contributed by atoms with E-state index in [1.54, 1.807) is 16.6 Å². The van der Waals surface area contributed by atoms with Gasteiger partial charge in [-0.1, -0.05) is 47.7 Å². The highest BCUT2D eigenvalue weighted by Gasteiger charge is 2.35. The van der Waals surface area contributed by atoms with Gasteiger partial charge in [-0.25, -0.2) is 4.99 Å². The lowest BCUT2D eigenvalue weighted by molar-refractivity contribution is -0.127. The summed E-state index contributed by atoms with van der Waals surface area (Å²) in [4.78, 5) is 35.1. The van der Waals surface area contributed by atoms with Crippen LogP contribution in [0, 0.1) is 13.8 Å². The van der Waals surface area contributed by atoms with Crippen molar-refractivity contribution in [1.82, 2.24) is 14.0 Å². The molecule has 206 valence electrons. The maximum absolute atomic E-state index is 14.1. The Morgan fingerprint density at radius 2 is 1.73 bits per heavy atom. The number of likely N-dealkylation sites (N-methyl/N-ethyl adjacent to an activating group) is 1. The van der Waals surface area contributed by atoms with Crippen molar-refractivity contribution < 1.29 is 9.53 Å². The number of benzene rings is 2. The summed E-state index contributed by atoms with van der Waals surface area (Å²) in [7, 11) is 1.60. The zero-order chi connectivity index (χ0) is 28.6. The molecule has 0 N–H and O–H groups in total. The molecule has 0 radical (unpaired) electrons. The number of hydrogen-bond donors (Lipinski definition) is 0. The van der Waals surface area contributed by atoms with Gasteiger partial charge in [0.1, 0.15) is 11.8 Å². The number of amides is 1. The molecule has 2 aromatic heterocycles. The van der Waals surface area contributed by atoms with Crippen LogP contribution in [0.25, 0.3) is 11.8 Å². The Bertz CT molecular complexity index is 1790. The van der Waals surface area contributed by atoms with E-state index in [1.807, 2.05) is 69.3 Å². The second-order valence-corrected chi connectivity index (χ2v) is 10.8. The number of carbonyl (C=O) groups is 1. The minimum atomic E-state index is -0.653. The summed E-state index contributed by atoms with van der Waals surface area (Å²) >= 11 is 1.34. The van der Waals surface area contributed by atoms with E-state index in [-0.39, 0.29) is 11.5 Å². The molecule has 0 bridgehead atoms. The lowest BCUT2D eigenvalue weighted by atomic mass is 9.94. The molecule has 0 spiro atoms. The summed E-state index contributed by atoms with van der Waals surface area (Å²) < 4.78 is 10.1. The topological polar surface area (TPSA) is 68.8 Å². The van der Waals surface area contributed by atoms with Gasteiger partial charge in [-0.05, 0) is 70.5 Å². The summed E-state index contributed by atoms with van der Waals surface area (Å²) in [5.74, 6) is 0.496. The molecule has 0 saturated heterocycles. The van der Waals surface area contributed by atoms with E-state index in [9.17, 15) is 9.59 Å². The molecule has 3 heterocycles. The van der Waals surface area contributed by atoms with Crippen LogP contribution in [-0.2, 0) is 4.79 Å². The molecule has 0 fully saturated rings. The number of para-hydroxylation sites is 2. The molecular formula is C32H34N4O3S. The van der Waals surface area contributed by atoms with Gasteiger partial charge >= 0.3 is 0 Å². The molecule has 4 aromatic rings. The number of carbonyl (C=O) groups excluding carboxylic acids is 1. The number of hydrogen-bond acceptors (Lipinski definition) is 5. The summed E-state index contributed by atoms with van der Waals surface area (Å²) in [6.45, 7) is 11.0. The van der Waals surface area contributed by atoms with Crippen LogP contribution in [0.2, 0.25) is 0 Å². The third kappa shape index (κ3) is 4.62. The fourth-order valence-electron chi connectivity index (χ4n) is 5.51. The first-order valence-corrected chi connectivity index (χ1v) is 14.3. The highest BCUT2D eigenvalue weighted by Crippen LogP contribution is 2.36. The number of fused-ring (bicyclic) bond motifs is 1. The summed E-state index contributed by atoms with van der Waals surface area (Å²) in [6, 6.07) is 19.2. The predicted molar refractivity (Wildman–Crippen MR) is 160 cm³/mol. The van der Waals surface area contributed by atoms with E-state index in [4.69, 9.17) is 9.73 Å². The maximum Gasteiger partial charge on any atom is 0.271 e. The van der Waals surface area contributed by atoms with Crippen LogP contribution in [0.3, 0.4) is 0 Å². The zero-order valence-corrected chi connectivity index (χ0v) is 24.6. The minimum absolute atomic E-state index is 0.122. The molecule has 0 unspecified atom stereocenters. The Morgan fingerprint density at radius 3 is 2.40 bits per heavy atom. The quantitative estimate of drug-likeness (QED) is 0.337. The number of allylic oxidation sites excluding steroid dienone is 1. The summed E-state index contributed by atoms with van der Waals surface area (Å²) in [6.07, 6.45) is 1.94. The van der Waals surface area contributed by atoms with E-state index in [2.05, 4.69) is 36.6 Å². The summed E-state index contributed by atoms with van der Waals surface area (Å²) in [5, 5.41) is 0. The third-order valence-corrected chi connectivity index (χ3v) is 8.49. The van der Waals surface area contributed by atoms with Crippen molar-refractivity contribution in [3.8, 4) is 11.4 Å². The standard InChI is InChI=1S/C32H34N4O3S/c1-7-34(8-2)31(38)28-21(4)33-32-36(29(28)25-16-12-13-17-26(25)39-6)30(37)27(40-32)19-23-18-20(3)35(22(23)5)24-14-10-9-11-15-24/h9-19,29H,7-8H2,1-6H3/b27-19+/t29-/m1/s1. The minimum Gasteiger partial charge on any atom is -0.496 e. The first-order chi connectivity index (χ1) is 19.3. The average molecular weight is 555 g/mol. The van der Waals surface area contributed by atoms with Crippen molar-refractivity contribution in [3.05, 3.63) is 114 Å². The lowest BCUT2D eigenvalue weighted by Crippen LogP contribution is -2.43. The highest BCUT2D eigenvalue weighted by molar-refractivity contribution is 7.07. The van der Waals surface area contributed by atoms with Gasteiger partial charge < -0.3 is 14.2 Å². The fraction of sp³-hybridized carbons (Fsp3) is 0.281. The fourth-order valence-corrected chi connectivity index (χ4v) is 6.55. The van der Waals surface area contributed by atoms with Gasteiger partial charge in [-0.2, -0.15) is 0 Å². The van der Waals surface area contributed by atoms with Gasteiger partial charge in [0, 0.05) is 35.7 Å². The van der Waals surface area contributed by atoms with Crippen LogP contribution in [0.4, 0.5) is 0 Å². The largest absolute Gasteiger partial charge is 0.496 e. The number of aromatic nitrogens is 2. The van der Waals surface area contributed by atoms with Crippen molar-refractivity contribution in [2.24, 2.45) is 4.99 Å². The molecular weight excluding hydrogens is 520 g/mol. The number of thiazole rings is 1. The van der Waals surface area contributed by atoms with Crippen LogP contribution in [0.5, 0.6) is 5.75 Å². The van der Waals surface area contributed by atoms with Crippen LogP contribution in [0.1, 0.15) is 49.3 Å². The molecule has 1 atom stereocenters. The van der Waals surface area contributed by atoms with E-state index < -0.39 is 6.04 Å². The lowest BCUT2D eigenvalue weighted by Gasteiger charge is -2.29. The molecule has 1 aliphatic rings. The molecule has 1 aliphatic heterocycles. The van der Waals surface area contributed by atoms with Crippen molar-refractivity contribution in [2.45, 2.75) is 40.7 Å². The van der Waals surface area contributed by atoms with Crippen LogP contribution < -0.4 is 19.6 Å². The number of ether oxygens (including phenoxy) is 1. The van der Waals surface area contributed by atoms with E-state index in [0.29, 0.717) is 39.4 Å². The average Bonchev–Trinajstić information content (AvgIpc) is 3.42. The molecule has 8 heteroatoms. The normalized spacial score (nSPS) is 15.2. The van der Waals surface area contributed by atoms with Gasteiger partial charge in [0.05, 0.1) is 22.9 Å². The molecule has 0 saturated carbocycles. The number of nitrogens with zero attached hydrogens (tertiary/aromatic N) is 4. The van der Waals surface area contributed by atoms with E-state index >= 15 is 0 Å². The Morgan fingerprint density at radius 1 is 1.05 bits per heavy atom. The second-order valence-electron chi connectivity index (χ2n) is 9.80. The van der Waals surface area contributed by atoms with E-state index in [0.717, 1.165) is 28.2 Å². The summed E-state index contributed by atoms with van der Waals surface area (Å²) in [5.41, 5.74) is 5.85. The van der Waals surface area contributed by atoms with Gasteiger partial charge in [-0.15, -0.1) is 0 Å². The highest BCUT2D eigenvalue weighted by atomic mass is 32.1.